The van der Waals surface area contributed by atoms with Crippen LogP contribution in [-0.4, -0.2) is 117 Å². The molecule has 0 saturated carbocycles. The fourth-order valence-corrected chi connectivity index (χ4v) is 4.17. The lowest BCUT2D eigenvalue weighted by molar-refractivity contribution is -0.384. The van der Waals surface area contributed by atoms with E-state index in [1.165, 1.54) is 57.1 Å². The quantitative estimate of drug-likeness (QED) is 0.0381. The third-order valence-electron chi connectivity index (χ3n) is 6.75. The van der Waals surface area contributed by atoms with Gasteiger partial charge in [-0.05, 0) is 18.6 Å². The van der Waals surface area contributed by atoms with Crippen LogP contribution in [0.25, 0.3) is 0 Å². The second-order valence-electron chi connectivity index (χ2n) is 10.7. The highest BCUT2D eigenvalue weighted by Gasteiger charge is 2.05. The number of ether oxygens (including phenoxy) is 9. The molecule has 0 heterocycles. The van der Waals surface area contributed by atoms with Gasteiger partial charge in [-0.25, -0.2) is 0 Å². The number of unbranched alkanes of at least 4 members (excludes halogenated alkanes) is 8. The van der Waals surface area contributed by atoms with Crippen LogP contribution >= 0.6 is 0 Å². The molecule has 0 amide bonds. The highest BCUT2D eigenvalue weighted by atomic mass is 16.6. The Morgan fingerprint density at radius 2 is 0.894 bits per heavy atom. The average molecular weight is 674 g/mol. The molecule has 272 valence electrons. The highest BCUT2D eigenvalue weighted by Crippen LogP contribution is 2.17. The minimum Gasteiger partial charge on any atom is -0.491 e. The Bertz CT molecular complexity index is 843. The van der Waals surface area contributed by atoms with Crippen LogP contribution in [0.2, 0.25) is 0 Å². The number of hydrogen-bond acceptors (Lipinski definition) is 12. The first kappa shape index (κ1) is 42.6. The summed E-state index contributed by atoms with van der Waals surface area (Å²) in [5, 5.41) is 10.6. The Balaban J connectivity index is 1.68. The Morgan fingerprint density at radius 3 is 1.30 bits per heavy atom. The summed E-state index contributed by atoms with van der Waals surface area (Å²) < 4.78 is 48.8. The molecule has 47 heavy (non-hydrogen) atoms. The number of carbonyl (C=O) groups is 1. The standard InChI is InChI=1S/C34H59NO12/c1-2-3-4-5-6-7-8-9-10-11-34(36)47-31-29-45-27-25-43-23-21-41-19-17-39-16-18-40-20-22-42-24-26-44-28-30-46-33-14-12-32(13-15-33)35(37)38/h12-15H,2-11,16-31H2,1H3. The molecule has 0 aliphatic heterocycles. The van der Waals surface area contributed by atoms with Crippen LogP contribution in [0.1, 0.15) is 71.1 Å². The minimum atomic E-state index is -0.452. The SMILES string of the molecule is CCCCCCCCCCCC(=O)OCCOCCOCCOCCOCCOCCOCCOCCOc1ccc([N+](=O)[O-])cc1. The van der Waals surface area contributed by atoms with Crippen molar-refractivity contribution in [2.45, 2.75) is 71.1 Å². The summed E-state index contributed by atoms with van der Waals surface area (Å²) in [7, 11) is 0. The number of non-ortho nitro benzene ring substituents is 1. The molecule has 0 aliphatic rings. The number of nitro benzene ring substituents is 1. The van der Waals surface area contributed by atoms with Gasteiger partial charge in [-0.2, -0.15) is 0 Å². The Morgan fingerprint density at radius 1 is 0.532 bits per heavy atom. The van der Waals surface area contributed by atoms with Crippen LogP contribution in [0.5, 0.6) is 5.75 Å². The van der Waals surface area contributed by atoms with E-state index in [0.717, 1.165) is 12.8 Å². The van der Waals surface area contributed by atoms with Crippen molar-refractivity contribution in [3.63, 3.8) is 0 Å². The largest absolute Gasteiger partial charge is 0.491 e. The number of carbonyl (C=O) groups excluding carboxylic acids is 1. The molecule has 0 aromatic heterocycles. The predicted molar refractivity (Wildman–Crippen MR) is 177 cm³/mol. The topological polar surface area (TPSA) is 143 Å². The second-order valence-corrected chi connectivity index (χ2v) is 10.7. The van der Waals surface area contributed by atoms with Gasteiger partial charge in [0, 0.05) is 18.6 Å². The zero-order valence-electron chi connectivity index (χ0n) is 28.5. The average Bonchev–Trinajstić information content (AvgIpc) is 3.07. The van der Waals surface area contributed by atoms with E-state index in [1.807, 2.05) is 0 Å². The lowest BCUT2D eigenvalue weighted by Gasteiger charge is -2.09. The molecule has 1 aromatic rings. The maximum Gasteiger partial charge on any atom is 0.305 e. The van der Waals surface area contributed by atoms with Crippen LogP contribution in [0.4, 0.5) is 5.69 Å². The van der Waals surface area contributed by atoms with Crippen molar-refractivity contribution in [3.8, 4) is 5.75 Å². The van der Waals surface area contributed by atoms with Gasteiger partial charge in [0.15, 0.2) is 0 Å². The summed E-state index contributed by atoms with van der Waals surface area (Å²) in [4.78, 5) is 21.9. The molecule has 13 nitrogen and oxygen atoms in total. The monoisotopic (exact) mass is 673 g/mol. The molecule has 0 bridgehead atoms. The summed E-state index contributed by atoms with van der Waals surface area (Å²) in [6.07, 6.45) is 11.5. The zero-order valence-corrected chi connectivity index (χ0v) is 28.5. The summed E-state index contributed by atoms with van der Waals surface area (Å²) in [6, 6.07) is 5.91. The molecule has 0 radical (unpaired) electrons. The maximum absolute atomic E-state index is 11.8. The number of nitrogens with zero attached hydrogens (tertiary/aromatic N) is 1. The molecule has 0 N–H and O–H groups in total. The predicted octanol–water partition coefficient (Wildman–Crippen LogP) is 5.55. The van der Waals surface area contributed by atoms with Crippen LogP contribution in [0.15, 0.2) is 24.3 Å². The van der Waals surface area contributed by atoms with E-state index < -0.39 is 4.92 Å². The van der Waals surface area contributed by atoms with Crippen molar-refractivity contribution in [1.82, 2.24) is 0 Å². The second kappa shape index (κ2) is 33.5. The molecule has 1 aromatic carbocycles. The molecule has 0 saturated heterocycles. The summed E-state index contributed by atoms with van der Waals surface area (Å²) in [5.41, 5.74) is 0.0252. The van der Waals surface area contributed by atoms with Gasteiger partial charge < -0.3 is 42.6 Å². The van der Waals surface area contributed by atoms with Crippen molar-refractivity contribution in [1.29, 1.82) is 0 Å². The van der Waals surface area contributed by atoms with Crippen molar-refractivity contribution < 1.29 is 52.3 Å². The van der Waals surface area contributed by atoms with Crippen molar-refractivity contribution in [2.75, 3.05) is 106 Å². The molecule has 0 aliphatic carbocycles. The Kier molecular flexibility index (Phi) is 30.4. The molecule has 0 unspecified atom stereocenters. The van der Waals surface area contributed by atoms with Crippen molar-refractivity contribution in [3.05, 3.63) is 34.4 Å². The third kappa shape index (κ3) is 29.5. The fraction of sp³-hybridized carbons (Fsp3) is 0.794. The van der Waals surface area contributed by atoms with E-state index in [2.05, 4.69) is 6.92 Å². The number of rotatable bonds is 36. The normalized spacial score (nSPS) is 11.2. The van der Waals surface area contributed by atoms with Gasteiger partial charge in [-0.3, -0.25) is 14.9 Å². The number of nitro groups is 1. The smallest absolute Gasteiger partial charge is 0.305 e. The van der Waals surface area contributed by atoms with Crippen molar-refractivity contribution in [2.24, 2.45) is 0 Å². The van der Waals surface area contributed by atoms with E-state index in [-0.39, 0.29) is 18.3 Å². The van der Waals surface area contributed by atoms with Gasteiger partial charge in [0.2, 0.25) is 0 Å². The van der Waals surface area contributed by atoms with Gasteiger partial charge in [-0.15, -0.1) is 0 Å². The zero-order chi connectivity index (χ0) is 33.9. The summed E-state index contributed by atoms with van der Waals surface area (Å²) in [6.45, 7) is 9.19. The molecule has 13 heteroatoms. The number of esters is 1. The van der Waals surface area contributed by atoms with Crippen molar-refractivity contribution >= 4 is 11.7 Å². The molecule has 0 fully saturated rings. The van der Waals surface area contributed by atoms with Gasteiger partial charge in [0.05, 0.1) is 97.4 Å². The van der Waals surface area contributed by atoms with Gasteiger partial charge >= 0.3 is 5.97 Å². The molecule has 0 atom stereocenters. The van der Waals surface area contributed by atoms with E-state index in [0.29, 0.717) is 111 Å². The Hall–Kier alpha value is -2.39. The fourth-order valence-electron chi connectivity index (χ4n) is 4.17. The number of benzene rings is 1. The van der Waals surface area contributed by atoms with Gasteiger partial charge in [0.25, 0.3) is 5.69 Å². The lowest BCUT2D eigenvalue weighted by Crippen LogP contribution is -2.15. The van der Waals surface area contributed by atoms with Gasteiger partial charge in [0.1, 0.15) is 19.0 Å². The lowest BCUT2D eigenvalue weighted by atomic mass is 10.1. The molecule has 0 spiro atoms. The molecule has 1 rings (SSSR count). The van der Waals surface area contributed by atoms with Crippen LogP contribution < -0.4 is 4.74 Å². The molecular weight excluding hydrogens is 614 g/mol. The highest BCUT2D eigenvalue weighted by molar-refractivity contribution is 5.69. The van der Waals surface area contributed by atoms with E-state index in [1.54, 1.807) is 12.1 Å². The minimum absolute atomic E-state index is 0.0252. The summed E-state index contributed by atoms with van der Waals surface area (Å²) >= 11 is 0. The van der Waals surface area contributed by atoms with E-state index in [4.69, 9.17) is 42.6 Å². The Labute approximate surface area is 280 Å². The first-order chi connectivity index (χ1) is 23.1. The third-order valence-corrected chi connectivity index (χ3v) is 6.75. The first-order valence-corrected chi connectivity index (χ1v) is 17.2. The number of hydrogen-bond donors (Lipinski definition) is 0. The van der Waals surface area contributed by atoms with E-state index in [9.17, 15) is 14.9 Å². The van der Waals surface area contributed by atoms with Gasteiger partial charge in [-0.1, -0.05) is 58.3 Å². The summed E-state index contributed by atoms with van der Waals surface area (Å²) in [5.74, 6) is 0.412. The first-order valence-electron chi connectivity index (χ1n) is 17.2. The van der Waals surface area contributed by atoms with E-state index >= 15 is 0 Å². The van der Waals surface area contributed by atoms with Crippen LogP contribution in [0, 0.1) is 10.1 Å². The van der Waals surface area contributed by atoms with Crippen LogP contribution in [0.3, 0.4) is 0 Å². The van der Waals surface area contributed by atoms with Crippen LogP contribution in [-0.2, 0) is 42.7 Å². The molecular formula is C34H59NO12. The maximum atomic E-state index is 11.8.